The van der Waals surface area contributed by atoms with E-state index >= 15 is 0 Å². The van der Waals surface area contributed by atoms with E-state index in [-0.39, 0.29) is 12.1 Å². The van der Waals surface area contributed by atoms with E-state index in [0.717, 1.165) is 36.1 Å². The number of aryl methyl sites for hydroxylation is 1. The first-order valence-corrected chi connectivity index (χ1v) is 9.04. The highest BCUT2D eigenvalue weighted by molar-refractivity contribution is 5.68. The average molecular weight is 354 g/mol. The molecule has 26 heavy (non-hydrogen) atoms. The lowest BCUT2D eigenvalue weighted by molar-refractivity contribution is 0.0500. The lowest BCUT2D eigenvalue weighted by Gasteiger charge is -2.27. The summed E-state index contributed by atoms with van der Waals surface area (Å²) < 4.78 is 11.1. The molecule has 1 heterocycles. The number of fused-ring (bicyclic) bond motifs is 1. The van der Waals surface area contributed by atoms with Crippen LogP contribution in [0.25, 0.3) is 0 Å². The van der Waals surface area contributed by atoms with Gasteiger partial charge in [-0.25, -0.2) is 9.78 Å². The topological polar surface area (TPSA) is 60.5 Å². The number of ether oxygens (including phenoxy) is 2. The number of nitrogens with zero attached hydrogens (tertiary/aromatic N) is 1. The summed E-state index contributed by atoms with van der Waals surface area (Å²) in [5.74, 6) is 0.645. The largest absolute Gasteiger partial charge is 0.473 e. The highest BCUT2D eigenvalue weighted by Crippen LogP contribution is 2.23. The van der Waals surface area contributed by atoms with Crippen molar-refractivity contribution < 1.29 is 14.3 Å². The molecule has 0 bridgehead atoms. The maximum atomic E-state index is 11.9. The van der Waals surface area contributed by atoms with Crippen molar-refractivity contribution in [3.8, 4) is 5.88 Å². The van der Waals surface area contributed by atoms with E-state index in [9.17, 15) is 4.79 Å². The lowest BCUT2D eigenvalue weighted by Crippen LogP contribution is -2.42. The van der Waals surface area contributed by atoms with Crippen LogP contribution in [0.3, 0.4) is 0 Å². The molecule has 0 saturated carbocycles. The third-order valence-electron chi connectivity index (χ3n) is 4.19. The molecular formula is C21H26N2O3. The van der Waals surface area contributed by atoms with Crippen LogP contribution in [0.15, 0.2) is 42.5 Å². The second-order valence-corrected chi connectivity index (χ2v) is 7.62. The molecule has 5 heteroatoms. The van der Waals surface area contributed by atoms with Gasteiger partial charge in [0.15, 0.2) is 0 Å². The second kappa shape index (κ2) is 7.77. The van der Waals surface area contributed by atoms with Crippen LogP contribution in [0.2, 0.25) is 0 Å². The van der Waals surface area contributed by atoms with Crippen LogP contribution in [0.1, 0.15) is 44.0 Å². The number of amides is 1. The molecule has 0 spiro atoms. The van der Waals surface area contributed by atoms with E-state index in [2.05, 4.69) is 10.3 Å². The van der Waals surface area contributed by atoms with Gasteiger partial charge in [-0.1, -0.05) is 36.4 Å². The highest BCUT2D eigenvalue weighted by Gasteiger charge is 2.24. The molecule has 2 aromatic rings. The monoisotopic (exact) mass is 354 g/mol. The van der Waals surface area contributed by atoms with Gasteiger partial charge in [-0.15, -0.1) is 0 Å². The summed E-state index contributed by atoms with van der Waals surface area (Å²) in [4.78, 5) is 16.6. The van der Waals surface area contributed by atoms with E-state index in [0.29, 0.717) is 12.5 Å². The van der Waals surface area contributed by atoms with E-state index < -0.39 is 5.60 Å². The molecule has 1 unspecified atom stereocenters. The van der Waals surface area contributed by atoms with Crippen molar-refractivity contribution >= 4 is 6.09 Å². The van der Waals surface area contributed by atoms with Gasteiger partial charge >= 0.3 is 6.09 Å². The predicted molar refractivity (Wildman–Crippen MR) is 100 cm³/mol. The fraction of sp³-hybridized carbons (Fsp3) is 0.429. The maximum Gasteiger partial charge on any atom is 0.407 e. The number of pyridine rings is 1. The summed E-state index contributed by atoms with van der Waals surface area (Å²) in [6.07, 6.45) is 2.07. The van der Waals surface area contributed by atoms with Gasteiger partial charge in [0, 0.05) is 17.8 Å². The van der Waals surface area contributed by atoms with Gasteiger partial charge in [-0.05, 0) is 51.2 Å². The van der Waals surface area contributed by atoms with Crippen molar-refractivity contribution in [1.29, 1.82) is 0 Å². The van der Waals surface area contributed by atoms with Crippen molar-refractivity contribution in [1.82, 2.24) is 10.3 Å². The zero-order chi connectivity index (χ0) is 18.6. The van der Waals surface area contributed by atoms with E-state index in [1.54, 1.807) is 0 Å². The first-order valence-electron chi connectivity index (χ1n) is 9.04. The van der Waals surface area contributed by atoms with Gasteiger partial charge < -0.3 is 14.8 Å². The number of rotatable bonds is 4. The number of benzene rings is 1. The molecule has 1 atom stereocenters. The summed E-state index contributed by atoms with van der Waals surface area (Å²) in [5, 5.41) is 2.96. The summed E-state index contributed by atoms with van der Waals surface area (Å²) in [5.41, 5.74) is 2.85. The third kappa shape index (κ3) is 5.22. The molecule has 1 amide bonds. The van der Waals surface area contributed by atoms with Gasteiger partial charge in [0.2, 0.25) is 5.88 Å². The number of aromatic nitrogens is 1. The molecule has 1 aromatic carbocycles. The molecular weight excluding hydrogens is 328 g/mol. The van der Waals surface area contributed by atoms with Crippen molar-refractivity contribution in [2.75, 3.05) is 0 Å². The van der Waals surface area contributed by atoms with Crippen molar-refractivity contribution in [3.63, 3.8) is 0 Å². The lowest BCUT2D eigenvalue weighted by atomic mass is 9.92. The molecule has 138 valence electrons. The summed E-state index contributed by atoms with van der Waals surface area (Å²) in [6, 6.07) is 14.1. The fourth-order valence-electron chi connectivity index (χ4n) is 3.00. The first kappa shape index (κ1) is 18.2. The van der Waals surface area contributed by atoms with Crippen LogP contribution in [0.4, 0.5) is 4.79 Å². The van der Waals surface area contributed by atoms with Gasteiger partial charge in [0.1, 0.15) is 12.2 Å². The molecule has 0 radical (unpaired) electrons. The number of nitrogens with one attached hydrogen (secondary N) is 1. The Morgan fingerprint density at radius 3 is 2.69 bits per heavy atom. The number of carbonyl (C=O) groups is 1. The van der Waals surface area contributed by atoms with E-state index in [4.69, 9.17) is 9.47 Å². The molecule has 1 aliphatic rings. The first-order chi connectivity index (χ1) is 12.4. The summed E-state index contributed by atoms with van der Waals surface area (Å²) >= 11 is 0. The Morgan fingerprint density at radius 1 is 1.19 bits per heavy atom. The number of carbonyl (C=O) groups excluding carboxylic acids is 1. The maximum absolute atomic E-state index is 11.9. The molecule has 0 aliphatic heterocycles. The Labute approximate surface area is 154 Å². The highest BCUT2D eigenvalue weighted by atomic mass is 16.6. The quantitative estimate of drug-likeness (QED) is 0.900. The van der Waals surface area contributed by atoms with Crippen LogP contribution in [-0.2, 0) is 24.2 Å². The fourth-order valence-corrected chi connectivity index (χ4v) is 3.00. The van der Waals surface area contributed by atoms with Crippen molar-refractivity contribution in [3.05, 3.63) is 59.3 Å². The van der Waals surface area contributed by atoms with Crippen LogP contribution in [-0.4, -0.2) is 22.7 Å². The van der Waals surface area contributed by atoms with Crippen LogP contribution in [0.5, 0.6) is 5.88 Å². The van der Waals surface area contributed by atoms with Gasteiger partial charge in [-0.3, -0.25) is 0 Å². The minimum atomic E-state index is -0.483. The molecule has 5 nitrogen and oxygen atoms in total. The van der Waals surface area contributed by atoms with E-state index in [1.165, 1.54) is 0 Å². The smallest absolute Gasteiger partial charge is 0.407 e. The number of alkyl carbamates (subject to hydrolysis) is 1. The molecule has 1 aliphatic carbocycles. The zero-order valence-electron chi connectivity index (χ0n) is 15.6. The molecule has 1 N–H and O–H groups in total. The molecule has 0 fully saturated rings. The minimum absolute atomic E-state index is 0.0789. The third-order valence-corrected chi connectivity index (χ3v) is 4.19. The number of hydrogen-bond acceptors (Lipinski definition) is 4. The van der Waals surface area contributed by atoms with E-state index in [1.807, 2.05) is 63.2 Å². The Morgan fingerprint density at radius 2 is 1.96 bits per heavy atom. The summed E-state index contributed by atoms with van der Waals surface area (Å²) in [6.45, 7) is 6.10. The average Bonchev–Trinajstić information content (AvgIpc) is 2.59. The number of hydrogen-bond donors (Lipinski definition) is 1. The molecule has 1 aromatic heterocycles. The van der Waals surface area contributed by atoms with Crippen LogP contribution >= 0.6 is 0 Å². The molecule has 3 rings (SSSR count). The standard InChI is InChI=1S/C21H26N2O3/c1-21(2,3)26-20(24)22-17-10-11-18-16(13-17)9-12-19(23-18)25-14-15-7-5-4-6-8-15/h4-9,12,17H,10-11,13-14H2,1-3H3,(H,22,24). The Hall–Kier alpha value is -2.56. The zero-order valence-corrected chi connectivity index (χ0v) is 15.6. The minimum Gasteiger partial charge on any atom is -0.473 e. The van der Waals surface area contributed by atoms with Crippen LogP contribution < -0.4 is 10.1 Å². The van der Waals surface area contributed by atoms with Crippen molar-refractivity contribution in [2.45, 2.75) is 58.3 Å². The molecule has 0 saturated heterocycles. The van der Waals surface area contributed by atoms with Gasteiger partial charge in [-0.2, -0.15) is 0 Å². The van der Waals surface area contributed by atoms with Gasteiger partial charge in [0.05, 0.1) is 0 Å². The van der Waals surface area contributed by atoms with Crippen molar-refractivity contribution in [2.24, 2.45) is 0 Å². The van der Waals surface area contributed by atoms with Gasteiger partial charge in [0.25, 0.3) is 0 Å². The second-order valence-electron chi connectivity index (χ2n) is 7.62. The Kier molecular flexibility index (Phi) is 5.45. The predicted octanol–water partition coefficient (Wildman–Crippen LogP) is 4.04. The Bertz CT molecular complexity index is 754. The van der Waals surface area contributed by atoms with Crippen LogP contribution in [0, 0.1) is 0 Å². The Balaban J connectivity index is 1.56. The summed E-state index contributed by atoms with van der Waals surface area (Å²) in [7, 11) is 0. The normalized spacial score (nSPS) is 16.5. The SMILES string of the molecule is CC(C)(C)OC(=O)NC1CCc2nc(OCc3ccccc3)ccc2C1.